The number of amides is 1. The van der Waals surface area contributed by atoms with Crippen molar-refractivity contribution in [2.24, 2.45) is 0 Å². The van der Waals surface area contributed by atoms with Gasteiger partial charge in [-0.15, -0.1) is 0 Å². The second kappa shape index (κ2) is 8.54. The molecular weight excluding hydrogens is 326 g/mol. The first-order chi connectivity index (χ1) is 12.3. The molecule has 1 atom stereocenters. The molecule has 0 spiro atoms. The fraction of sp³-hybridized carbons (Fsp3) is 0.136. The molecule has 0 aliphatic heterocycles. The van der Waals surface area contributed by atoms with Crippen molar-refractivity contribution in [3.8, 4) is 0 Å². The highest BCUT2D eigenvalue weighted by Gasteiger charge is 2.19. The van der Waals surface area contributed by atoms with E-state index in [2.05, 4.69) is 17.4 Å². The molecule has 3 rings (SSSR count). The zero-order valence-corrected chi connectivity index (χ0v) is 15.0. The van der Waals surface area contributed by atoms with E-state index in [1.54, 1.807) is 11.8 Å². The van der Waals surface area contributed by atoms with Crippen molar-refractivity contribution in [1.29, 1.82) is 0 Å². The van der Waals surface area contributed by atoms with Crippen LogP contribution in [-0.4, -0.2) is 5.91 Å². The van der Waals surface area contributed by atoms with Crippen LogP contribution in [0.15, 0.2) is 94.7 Å². The van der Waals surface area contributed by atoms with Gasteiger partial charge in [0.15, 0.2) is 0 Å². The monoisotopic (exact) mass is 347 g/mol. The number of benzene rings is 3. The Morgan fingerprint density at radius 3 is 2.16 bits per heavy atom. The first-order valence-electron chi connectivity index (χ1n) is 8.45. The first kappa shape index (κ1) is 17.3. The number of carbonyl (C=O) groups is 1. The van der Waals surface area contributed by atoms with Crippen LogP contribution in [0.25, 0.3) is 0 Å². The minimum absolute atomic E-state index is 0.0369. The molecule has 0 aliphatic carbocycles. The van der Waals surface area contributed by atoms with Crippen LogP contribution in [0.1, 0.15) is 24.8 Å². The Balaban J connectivity index is 1.79. The minimum Gasteiger partial charge on any atom is -0.325 e. The standard InChI is InChI=1S/C22H21NOS/c1-2-19(17-11-5-3-6-12-17)22(24)23-20-15-9-10-16-21(20)25-18-13-7-4-8-14-18/h3-16,19H,2H2,1H3,(H,23,24). The molecule has 1 amide bonds. The van der Waals surface area contributed by atoms with E-state index in [1.165, 1.54) is 0 Å². The molecule has 0 saturated heterocycles. The van der Waals surface area contributed by atoms with Crippen molar-refractivity contribution in [2.45, 2.75) is 29.1 Å². The second-order valence-corrected chi connectivity index (χ2v) is 6.89. The molecule has 0 radical (unpaired) electrons. The molecule has 0 aromatic heterocycles. The quantitative estimate of drug-likeness (QED) is 0.595. The van der Waals surface area contributed by atoms with E-state index < -0.39 is 0 Å². The van der Waals surface area contributed by atoms with E-state index in [4.69, 9.17) is 0 Å². The van der Waals surface area contributed by atoms with E-state index in [1.807, 2.05) is 79.7 Å². The van der Waals surface area contributed by atoms with Crippen LogP contribution < -0.4 is 5.32 Å². The molecule has 25 heavy (non-hydrogen) atoms. The van der Waals surface area contributed by atoms with Crippen molar-refractivity contribution >= 4 is 23.4 Å². The smallest absolute Gasteiger partial charge is 0.231 e. The predicted molar refractivity (Wildman–Crippen MR) is 105 cm³/mol. The van der Waals surface area contributed by atoms with Gasteiger partial charge in [0.1, 0.15) is 0 Å². The molecule has 3 heteroatoms. The summed E-state index contributed by atoms with van der Waals surface area (Å²) in [6, 6.07) is 28.1. The minimum atomic E-state index is -0.143. The Hall–Kier alpha value is -2.52. The summed E-state index contributed by atoms with van der Waals surface area (Å²) in [6.45, 7) is 2.04. The van der Waals surface area contributed by atoms with Crippen LogP contribution in [0.4, 0.5) is 5.69 Å². The van der Waals surface area contributed by atoms with Gasteiger partial charge in [-0.05, 0) is 36.2 Å². The molecule has 0 aliphatic rings. The zero-order chi connectivity index (χ0) is 17.5. The van der Waals surface area contributed by atoms with E-state index in [0.29, 0.717) is 0 Å². The lowest BCUT2D eigenvalue weighted by Crippen LogP contribution is -2.21. The highest BCUT2D eigenvalue weighted by Crippen LogP contribution is 2.34. The Morgan fingerprint density at radius 1 is 0.880 bits per heavy atom. The first-order valence-corrected chi connectivity index (χ1v) is 9.27. The van der Waals surface area contributed by atoms with Gasteiger partial charge in [0.05, 0.1) is 11.6 Å². The third-order valence-corrected chi connectivity index (χ3v) is 5.13. The van der Waals surface area contributed by atoms with Gasteiger partial charge in [0, 0.05) is 9.79 Å². The predicted octanol–water partition coefficient (Wildman–Crippen LogP) is 5.97. The number of nitrogens with one attached hydrogen (secondary N) is 1. The fourth-order valence-corrected chi connectivity index (χ4v) is 3.67. The van der Waals surface area contributed by atoms with Crippen molar-refractivity contribution in [3.05, 3.63) is 90.5 Å². The molecular formula is C22H21NOS. The summed E-state index contributed by atoms with van der Waals surface area (Å²) in [4.78, 5) is 15.0. The van der Waals surface area contributed by atoms with Gasteiger partial charge in [0.2, 0.25) is 5.91 Å². The maximum absolute atomic E-state index is 12.8. The number of hydrogen-bond donors (Lipinski definition) is 1. The molecule has 126 valence electrons. The largest absolute Gasteiger partial charge is 0.325 e. The maximum atomic E-state index is 12.8. The lowest BCUT2D eigenvalue weighted by molar-refractivity contribution is -0.117. The lowest BCUT2D eigenvalue weighted by atomic mass is 9.95. The average molecular weight is 347 g/mol. The summed E-state index contributed by atoms with van der Waals surface area (Å²) in [7, 11) is 0. The number of rotatable bonds is 6. The van der Waals surface area contributed by atoms with Gasteiger partial charge in [-0.2, -0.15) is 0 Å². The number of carbonyl (C=O) groups excluding carboxylic acids is 1. The maximum Gasteiger partial charge on any atom is 0.231 e. The van der Waals surface area contributed by atoms with Gasteiger partial charge in [-0.3, -0.25) is 4.79 Å². The molecule has 2 nitrogen and oxygen atoms in total. The van der Waals surface area contributed by atoms with E-state index in [0.717, 1.165) is 27.5 Å². The normalized spacial score (nSPS) is 11.7. The lowest BCUT2D eigenvalue weighted by Gasteiger charge is -2.17. The van der Waals surface area contributed by atoms with Crippen molar-refractivity contribution in [3.63, 3.8) is 0 Å². The molecule has 3 aromatic rings. The van der Waals surface area contributed by atoms with E-state index in [9.17, 15) is 4.79 Å². The van der Waals surface area contributed by atoms with Gasteiger partial charge >= 0.3 is 0 Å². The SMILES string of the molecule is CCC(C(=O)Nc1ccccc1Sc1ccccc1)c1ccccc1. The Labute approximate surface area is 153 Å². The summed E-state index contributed by atoms with van der Waals surface area (Å²) in [5.74, 6) is -0.106. The van der Waals surface area contributed by atoms with Crippen LogP contribution in [0, 0.1) is 0 Å². The van der Waals surface area contributed by atoms with Crippen molar-refractivity contribution in [1.82, 2.24) is 0 Å². The Morgan fingerprint density at radius 2 is 1.48 bits per heavy atom. The number of anilines is 1. The average Bonchev–Trinajstić information content (AvgIpc) is 2.66. The molecule has 0 heterocycles. The number of hydrogen-bond acceptors (Lipinski definition) is 2. The molecule has 0 fully saturated rings. The summed E-state index contributed by atoms with van der Waals surface area (Å²) in [5.41, 5.74) is 1.91. The summed E-state index contributed by atoms with van der Waals surface area (Å²) >= 11 is 1.66. The van der Waals surface area contributed by atoms with Gasteiger partial charge < -0.3 is 5.32 Å². The summed E-state index contributed by atoms with van der Waals surface area (Å²) in [6.07, 6.45) is 0.768. The Kier molecular flexibility index (Phi) is 5.91. The molecule has 0 bridgehead atoms. The number of para-hydroxylation sites is 1. The third-order valence-electron chi connectivity index (χ3n) is 4.04. The van der Waals surface area contributed by atoms with E-state index in [-0.39, 0.29) is 11.8 Å². The highest BCUT2D eigenvalue weighted by atomic mass is 32.2. The zero-order valence-electron chi connectivity index (χ0n) is 14.2. The van der Waals surface area contributed by atoms with Gasteiger partial charge in [-0.25, -0.2) is 0 Å². The van der Waals surface area contributed by atoms with Crippen LogP contribution in [-0.2, 0) is 4.79 Å². The third kappa shape index (κ3) is 4.52. The van der Waals surface area contributed by atoms with Gasteiger partial charge in [-0.1, -0.05) is 79.3 Å². The van der Waals surface area contributed by atoms with E-state index >= 15 is 0 Å². The van der Waals surface area contributed by atoms with Crippen LogP contribution in [0.2, 0.25) is 0 Å². The van der Waals surface area contributed by atoms with Crippen molar-refractivity contribution in [2.75, 3.05) is 5.32 Å². The summed E-state index contributed by atoms with van der Waals surface area (Å²) in [5, 5.41) is 3.12. The molecule has 1 unspecified atom stereocenters. The summed E-state index contributed by atoms with van der Waals surface area (Å²) < 4.78 is 0. The van der Waals surface area contributed by atoms with Crippen LogP contribution in [0.3, 0.4) is 0 Å². The molecule has 1 N–H and O–H groups in total. The topological polar surface area (TPSA) is 29.1 Å². The molecule has 3 aromatic carbocycles. The fourth-order valence-electron chi connectivity index (χ4n) is 2.75. The van der Waals surface area contributed by atoms with Gasteiger partial charge in [0.25, 0.3) is 0 Å². The highest BCUT2D eigenvalue weighted by molar-refractivity contribution is 7.99. The molecule has 0 saturated carbocycles. The second-order valence-electron chi connectivity index (χ2n) is 5.77. The van der Waals surface area contributed by atoms with Crippen molar-refractivity contribution < 1.29 is 4.79 Å². The Bertz CT molecular complexity index is 818. The van der Waals surface area contributed by atoms with Crippen LogP contribution in [0.5, 0.6) is 0 Å². The van der Waals surface area contributed by atoms with Crippen LogP contribution >= 0.6 is 11.8 Å².